The van der Waals surface area contributed by atoms with Gasteiger partial charge < -0.3 is 24.3 Å². The molecule has 2 aliphatic rings. The first-order valence-corrected chi connectivity index (χ1v) is 16.3. The summed E-state index contributed by atoms with van der Waals surface area (Å²) in [6.07, 6.45) is 2.08. The maximum Gasteiger partial charge on any atom is 0.174 e. The Morgan fingerprint density at radius 1 is 1.04 bits per heavy atom. The number of fused-ring (bicyclic) bond motifs is 1. The van der Waals surface area contributed by atoms with Gasteiger partial charge in [-0.3, -0.25) is 0 Å². The van der Waals surface area contributed by atoms with Crippen molar-refractivity contribution in [3.63, 3.8) is 0 Å². The summed E-state index contributed by atoms with van der Waals surface area (Å²) in [6.45, 7) is 5.40. The highest BCUT2D eigenvalue weighted by molar-refractivity contribution is 6.34. The van der Waals surface area contributed by atoms with Crippen molar-refractivity contribution in [2.75, 3.05) is 19.8 Å². The molecule has 0 saturated carbocycles. The smallest absolute Gasteiger partial charge is 0.174 e. The molecule has 4 aromatic carbocycles. The van der Waals surface area contributed by atoms with E-state index in [0.29, 0.717) is 25.3 Å². The highest BCUT2D eigenvalue weighted by Gasteiger charge is 2.49. The topological polar surface area (TPSA) is 72.7 Å². The standard InChI is InChI=1S/C38H37ClF2N2O4/c1-24(46-32-15-9-10-18-44-32)22-45-30-17-16-27(20-42)34(37(30)41)35-33-25(2)38(28-13-7-4-8-14-28,47-31(33)19-29(40)36(35)39)23-43-21-26-11-5-3-6-12-26/h3-8,11-14,16-17,19,24-25,32,43H,9-10,15,18,21-23H2,1-2H3/t24-,25-,32?,38-/m0/s1. The van der Waals surface area contributed by atoms with Crippen molar-refractivity contribution in [3.8, 4) is 28.7 Å². The minimum absolute atomic E-state index is 0.00364. The molecule has 1 N–H and O–H groups in total. The second-order valence-electron chi connectivity index (χ2n) is 12.1. The number of benzene rings is 4. The Balaban J connectivity index is 1.37. The quantitative estimate of drug-likeness (QED) is 0.174. The molecule has 244 valence electrons. The second kappa shape index (κ2) is 14.4. The van der Waals surface area contributed by atoms with Gasteiger partial charge in [-0.05, 0) is 49.4 Å². The predicted octanol–water partition coefficient (Wildman–Crippen LogP) is 8.65. The number of nitriles is 1. The number of rotatable bonds is 11. The molecule has 0 aliphatic carbocycles. The molecular formula is C38H37ClF2N2O4. The number of hydrogen-bond acceptors (Lipinski definition) is 6. The fraction of sp³-hybridized carbons (Fsp3) is 0.342. The molecule has 47 heavy (non-hydrogen) atoms. The van der Waals surface area contributed by atoms with Crippen LogP contribution in [0.15, 0.2) is 78.9 Å². The molecule has 6 rings (SSSR count). The summed E-state index contributed by atoms with van der Waals surface area (Å²) in [4.78, 5) is 0. The van der Waals surface area contributed by atoms with E-state index in [0.717, 1.165) is 30.4 Å². The van der Waals surface area contributed by atoms with Gasteiger partial charge in [0.05, 0.1) is 22.8 Å². The van der Waals surface area contributed by atoms with Gasteiger partial charge >= 0.3 is 0 Å². The molecular weight excluding hydrogens is 622 g/mol. The third kappa shape index (κ3) is 6.72. The van der Waals surface area contributed by atoms with Crippen molar-refractivity contribution >= 4 is 11.6 Å². The van der Waals surface area contributed by atoms with Crippen LogP contribution in [0.2, 0.25) is 5.02 Å². The first-order valence-electron chi connectivity index (χ1n) is 16.0. The van der Waals surface area contributed by atoms with E-state index < -0.39 is 23.2 Å². The van der Waals surface area contributed by atoms with Crippen molar-refractivity contribution in [1.82, 2.24) is 5.32 Å². The van der Waals surface area contributed by atoms with E-state index in [2.05, 4.69) is 11.4 Å². The molecule has 6 nitrogen and oxygen atoms in total. The monoisotopic (exact) mass is 658 g/mol. The van der Waals surface area contributed by atoms with Crippen LogP contribution < -0.4 is 14.8 Å². The summed E-state index contributed by atoms with van der Waals surface area (Å²) in [5, 5.41) is 13.3. The van der Waals surface area contributed by atoms with Crippen LogP contribution in [-0.2, 0) is 21.6 Å². The van der Waals surface area contributed by atoms with Crippen LogP contribution >= 0.6 is 11.6 Å². The molecule has 2 aliphatic heterocycles. The minimum atomic E-state index is -0.990. The van der Waals surface area contributed by atoms with E-state index >= 15 is 8.78 Å². The summed E-state index contributed by atoms with van der Waals surface area (Å²) >= 11 is 6.69. The Morgan fingerprint density at radius 3 is 2.49 bits per heavy atom. The van der Waals surface area contributed by atoms with Crippen molar-refractivity contribution < 1.29 is 27.7 Å². The molecule has 9 heteroatoms. The Kier molecular flexibility index (Phi) is 10.1. The van der Waals surface area contributed by atoms with Gasteiger partial charge in [0.2, 0.25) is 0 Å². The summed E-state index contributed by atoms with van der Waals surface area (Å²) in [5.74, 6) is -1.89. The van der Waals surface area contributed by atoms with Gasteiger partial charge in [-0.1, -0.05) is 79.2 Å². The van der Waals surface area contributed by atoms with Crippen molar-refractivity contribution in [2.24, 2.45) is 0 Å². The first-order chi connectivity index (χ1) is 22.8. The van der Waals surface area contributed by atoms with Gasteiger partial charge in [0.25, 0.3) is 0 Å². The average Bonchev–Trinajstić information content (AvgIpc) is 3.37. The van der Waals surface area contributed by atoms with Gasteiger partial charge in [-0.25, -0.2) is 8.78 Å². The molecule has 0 radical (unpaired) electrons. The van der Waals surface area contributed by atoms with Crippen LogP contribution in [-0.4, -0.2) is 32.2 Å². The molecule has 0 amide bonds. The highest BCUT2D eigenvalue weighted by atomic mass is 35.5. The molecule has 1 fully saturated rings. The summed E-state index contributed by atoms with van der Waals surface area (Å²) in [5.41, 5.74) is 1.42. The second-order valence-corrected chi connectivity index (χ2v) is 12.5. The van der Waals surface area contributed by atoms with Crippen LogP contribution in [0.3, 0.4) is 0 Å². The third-order valence-electron chi connectivity index (χ3n) is 8.94. The lowest BCUT2D eigenvalue weighted by molar-refractivity contribution is -0.189. The molecule has 1 saturated heterocycles. The lowest BCUT2D eigenvalue weighted by Gasteiger charge is -2.34. The number of halogens is 3. The number of nitrogens with zero attached hydrogens (tertiary/aromatic N) is 1. The zero-order valence-corrected chi connectivity index (χ0v) is 27.2. The summed E-state index contributed by atoms with van der Waals surface area (Å²) < 4.78 is 56.3. The van der Waals surface area contributed by atoms with Crippen LogP contribution in [0.5, 0.6) is 11.5 Å². The predicted molar refractivity (Wildman–Crippen MR) is 176 cm³/mol. The lowest BCUT2D eigenvalue weighted by atomic mass is 9.77. The largest absolute Gasteiger partial charge is 0.488 e. The Hall–Kier alpha value is -4.00. The molecule has 2 heterocycles. The van der Waals surface area contributed by atoms with Gasteiger partial charge in [0.15, 0.2) is 23.5 Å². The third-order valence-corrected chi connectivity index (χ3v) is 9.31. The van der Waals surface area contributed by atoms with Crippen LogP contribution in [0.1, 0.15) is 61.3 Å². The van der Waals surface area contributed by atoms with Crippen molar-refractivity contribution in [2.45, 2.75) is 63.6 Å². The van der Waals surface area contributed by atoms with Crippen LogP contribution in [0.4, 0.5) is 8.78 Å². The van der Waals surface area contributed by atoms with Gasteiger partial charge in [0.1, 0.15) is 18.2 Å². The van der Waals surface area contributed by atoms with E-state index in [9.17, 15) is 5.26 Å². The van der Waals surface area contributed by atoms with Gasteiger partial charge in [-0.2, -0.15) is 5.26 Å². The lowest BCUT2D eigenvalue weighted by Crippen LogP contribution is -2.44. The van der Waals surface area contributed by atoms with Crippen molar-refractivity contribution in [3.05, 3.63) is 118 Å². The van der Waals surface area contributed by atoms with E-state index in [-0.39, 0.29) is 52.2 Å². The van der Waals surface area contributed by atoms with E-state index in [1.807, 2.05) is 74.5 Å². The molecule has 0 spiro atoms. The van der Waals surface area contributed by atoms with Crippen LogP contribution in [0.25, 0.3) is 11.1 Å². The Labute approximate surface area is 279 Å². The maximum atomic E-state index is 16.6. The zero-order valence-electron chi connectivity index (χ0n) is 26.4. The van der Waals surface area contributed by atoms with E-state index in [1.54, 1.807) is 0 Å². The fourth-order valence-corrected chi connectivity index (χ4v) is 6.78. The van der Waals surface area contributed by atoms with Crippen molar-refractivity contribution in [1.29, 1.82) is 5.26 Å². The summed E-state index contributed by atoms with van der Waals surface area (Å²) in [7, 11) is 0. The normalized spacial score (nSPS) is 21.0. The fourth-order valence-electron chi connectivity index (χ4n) is 6.53. The molecule has 0 aromatic heterocycles. The molecule has 1 unspecified atom stereocenters. The minimum Gasteiger partial charge on any atom is -0.488 e. The zero-order chi connectivity index (χ0) is 33.0. The van der Waals surface area contributed by atoms with Gasteiger partial charge in [0, 0.05) is 48.4 Å². The van der Waals surface area contributed by atoms with E-state index in [4.69, 9.17) is 30.5 Å². The highest BCUT2D eigenvalue weighted by Crippen LogP contribution is 2.56. The SMILES string of the molecule is C[C@@H](COc1ccc(C#N)c(-c2c(Cl)c(F)cc3c2[C@H](C)[C@@](CNCc2ccccc2)(c2ccccc2)O3)c1F)OC1CCCCO1. The molecule has 4 aromatic rings. The summed E-state index contributed by atoms with van der Waals surface area (Å²) in [6, 6.07) is 25.8. The number of nitrogens with one attached hydrogen (secondary N) is 1. The molecule has 0 bridgehead atoms. The Morgan fingerprint density at radius 2 is 1.79 bits per heavy atom. The molecule has 4 atom stereocenters. The number of hydrogen-bond donors (Lipinski definition) is 1. The van der Waals surface area contributed by atoms with Gasteiger partial charge in [-0.15, -0.1) is 0 Å². The van der Waals surface area contributed by atoms with E-state index in [1.165, 1.54) is 18.2 Å². The maximum absolute atomic E-state index is 16.6. The van der Waals surface area contributed by atoms with Crippen LogP contribution in [0, 0.1) is 23.0 Å². The Bertz CT molecular complexity index is 1740. The first kappa shape index (κ1) is 32.9. The average molecular weight is 659 g/mol. The number of ether oxygens (including phenoxy) is 4.